The Bertz CT molecular complexity index is 386. The fraction of sp³-hybridized carbons (Fsp3) is 0.538. The second-order valence-corrected chi connectivity index (χ2v) is 4.86. The molecule has 0 spiro atoms. The van der Waals surface area contributed by atoms with Crippen LogP contribution in [0.1, 0.15) is 43.7 Å². The molecule has 1 aliphatic rings. The Balaban J connectivity index is 2.38. The van der Waals surface area contributed by atoms with Crippen LogP contribution in [-0.2, 0) is 5.41 Å². The number of hydrogen-bond donors (Lipinski definition) is 0. The van der Waals surface area contributed by atoms with E-state index in [1.807, 2.05) is 19.9 Å². The van der Waals surface area contributed by atoms with E-state index < -0.39 is 11.6 Å². The quantitative estimate of drug-likeness (QED) is 0.703. The summed E-state index contributed by atoms with van der Waals surface area (Å²) in [5, 5.41) is 0. The molecule has 16 heavy (non-hydrogen) atoms. The highest BCUT2D eigenvalue weighted by Crippen LogP contribution is 2.59. The van der Waals surface area contributed by atoms with E-state index in [0.717, 1.165) is 5.56 Å². The SMILES string of the molecule is CC(C)c1cccc(C2(C(F)(F)F)CC2)c1. The monoisotopic (exact) mass is 228 g/mol. The van der Waals surface area contributed by atoms with Gasteiger partial charge in [-0.25, -0.2) is 0 Å². The maximum absolute atomic E-state index is 12.9. The van der Waals surface area contributed by atoms with E-state index in [1.165, 1.54) is 0 Å². The molecule has 0 bridgehead atoms. The lowest BCUT2D eigenvalue weighted by atomic mass is 9.91. The minimum atomic E-state index is -4.11. The molecule has 0 heterocycles. The number of benzene rings is 1. The van der Waals surface area contributed by atoms with Crippen molar-refractivity contribution in [1.29, 1.82) is 0 Å². The first kappa shape index (κ1) is 11.5. The Kier molecular flexibility index (Phi) is 2.52. The van der Waals surface area contributed by atoms with E-state index in [9.17, 15) is 13.2 Å². The molecule has 0 nitrogen and oxygen atoms in total. The lowest BCUT2D eigenvalue weighted by Crippen LogP contribution is -2.28. The third-order valence-corrected chi connectivity index (χ3v) is 3.40. The molecule has 1 aromatic carbocycles. The molecule has 2 rings (SSSR count). The van der Waals surface area contributed by atoms with E-state index in [4.69, 9.17) is 0 Å². The summed E-state index contributed by atoms with van der Waals surface area (Å²) in [5.74, 6) is 0.268. The van der Waals surface area contributed by atoms with Crippen LogP contribution >= 0.6 is 0 Å². The third-order valence-electron chi connectivity index (χ3n) is 3.40. The van der Waals surface area contributed by atoms with Crippen molar-refractivity contribution in [3.8, 4) is 0 Å². The Morgan fingerprint density at radius 2 is 1.81 bits per heavy atom. The summed E-state index contributed by atoms with van der Waals surface area (Å²) in [4.78, 5) is 0. The largest absolute Gasteiger partial charge is 0.398 e. The maximum atomic E-state index is 12.9. The summed E-state index contributed by atoms with van der Waals surface area (Å²) in [6, 6.07) is 6.94. The van der Waals surface area contributed by atoms with E-state index in [-0.39, 0.29) is 18.8 Å². The van der Waals surface area contributed by atoms with E-state index in [0.29, 0.717) is 5.56 Å². The van der Waals surface area contributed by atoms with Crippen molar-refractivity contribution in [2.75, 3.05) is 0 Å². The van der Waals surface area contributed by atoms with Crippen molar-refractivity contribution in [3.05, 3.63) is 35.4 Å². The molecule has 0 radical (unpaired) electrons. The molecule has 1 aliphatic carbocycles. The van der Waals surface area contributed by atoms with Gasteiger partial charge >= 0.3 is 6.18 Å². The average Bonchev–Trinajstić information content (AvgIpc) is 2.97. The Morgan fingerprint density at radius 1 is 1.19 bits per heavy atom. The van der Waals surface area contributed by atoms with Crippen molar-refractivity contribution in [2.45, 2.75) is 44.2 Å². The zero-order valence-electron chi connectivity index (χ0n) is 9.43. The Morgan fingerprint density at radius 3 is 2.25 bits per heavy atom. The minimum Gasteiger partial charge on any atom is -0.170 e. The lowest BCUT2D eigenvalue weighted by molar-refractivity contribution is -0.160. The first-order valence-corrected chi connectivity index (χ1v) is 5.54. The van der Waals surface area contributed by atoms with Gasteiger partial charge in [-0.05, 0) is 29.9 Å². The van der Waals surface area contributed by atoms with Crippen molar-refractivity contribution in [1.82, 2.24) is 0 Å². The van der Waals surface area contributed by atoms with Gasteiger partial charge in [0, 0.05) is 0 Å². The van der Waals surface area contributed by atoms with Crippen LogP contribution in [-0.4, -0.2) is 6.18 Å². The van der Waals surface area contributed by atoms with Crippen LogP contribution in [0, 0.1) is 0 Å². The van der Waals surface area contributed by atoms with Crippen LogP contribution < -0.4 is 0 Å². The molecular formula is C13H15F3. The molecule has 0 unspecified atom stereocenters. The minimum absolute atomic E-state index is 0.234. The molecule has 1 saturated carbocycles. The van der Waals surface area contributed by atoms with Gasteiger partial charge in [0.05, 0.1) is 5.41 Å². The predicted molar refractivity (Wildman–Crippen MR) is 57.5 cm³/mol. The standard InChI is InChI=1S/C13H15F3/c1-9(2)10-4-3-5-11(8-10)12(6-7-12)13(14,15)16/h3-5,8-9H,6-7H2,1-2H3. The molecule has 0 aliphatic heterocycles. The third kappa shape index (κ3) is 1.72. The van der Waals surface area contributed by atoms with Crippen LogP contribution in [0.5, 0.6) is 0 Å². The molecule has 1 fully saturated rings. The van der Waals surface area contributed by atoms with Crippen LogP contribution in [0.15, 0.2) is 24.3 Å². The van der Waals surface area contributed by atoms with Crippen molar-refractivity contribution < 1.29 is 13.2 Å². The van der Waals surface area contributed by atoms with Crippen LogP contribution in [0.2, 0.25) is 0 Å². The van der Waals surface area contributed by atoms with Crippen molar-refractivity contribution in [3.63, 3.8) is 0 Å². The topological polar surface area (TPSA) is 0 Å². The zero-order valence-corrected chi connectivity index (χ0v) is 9.43. The highest BCUT2D eigenvalue weighted by Gasteiger charge is 2.64. The summed E-state index contributed by atoms with van der Waals surface area (Å²) in [5.41, 5.74) is -0.128. The summed E-state index contributed by atoms with van der Waals surface area (Å²) < 4.78 is 38.7. The van der Waals surface area contributed by atoms with Gasteiger partial charge in [0.25, 0.3) is 0 Å². The van der Waals surface area contributed by atoms with Crippen LogP contribution in [0.4, 0.5) is 13.2 Å². The Labute approximate surface area is 93.5 Å². The maximum Gasteiger partial charge on any atom is 0.398 e. The number of alkyl halides is 3. The van der Waals surface area contributed by atoms with E-state index >= 15 is 0 Å². The molecule has 3 heteroatoms. The fourth-order valence-electron chi connectivity index (χ4n) is 2.06. The first-order valence-electron chi connectivity index (χ1n) is 5.54. The Hall–Kier alpha value is -0.990. The van der Waals surface area contributed by atoms with Gasteiger partial charge in [0.2, 0.25) is 0 Å². The van der Waals surface area contributed by atoms with Crippen LogP contribution in [0.3, 0.4) is 0 Å². The summed E-state index contributed by atoms with van der Waals surface area (Å²) >= 11 is 0. The summed E-state index contributed by atoms with van der Waals surface area (Å²) in [6.45, 7) is 3.98. The van der Waals surface area contributed by atoms with Gasteiger partial charge in [-0.2, -0.15) is 13.2 Å². The van der Waals surface area contributed by atoms with Crippen molar-refractivity contribution in [2.24, 2.45) is 0 Å². The van der Waals surface area contributed by atoms with Gasteiger partial charge in [-0.3, -0.25) is 0 Å². The molecule has 0 aromatic heterocycles. The first-order chi connectivity index (χ1) is 7.37. The smallest absolute Gasteiger partial charge is 0.170 e. The summed E-state index contributed by atoms with van der Waals surface area (Å²) in [6.07, 6.45) is -3.64. The normalized spacial score (nSPS) is 18.9. The molecule has 0 amide bonds. The second kappa shape index (κ2) is 3.51. The molecular weight excluding hydrogens is 213 g/mol. The highest BCUT2D eigenvalue weighted by atomic mass is 19.4. The van der Waals surface area contributed by atoms with Gasteiger partial charge in [0.15, 0.2) is 0 Å². The zero-order chi connectivity index (χ0) is 12.0. The lowest BCUT2D eigenvalue weighted by Gasteiger charge is -2.20. The van der Waals surface area contributed by atoms with Gasteiger partial charge in [-0.1, -0.05) is 38.1 Å². The van der Waals surface area contributed by atoms with Gasteiger partial charge in [0.1, 0.15) is 0 Å². The predicted octanol–water partition coefficient (Wildman–Crippen LogP) is 4.40. The molecule has 1 aromatic rings. The molecule has 0 saturated heterocycles. The number of hydrogen-bond acceptors (Lipinski definition) is 0. The van der Waals surface area contributed by atoms with Crippen LogP contribution in [0.25, 0.3) is 0 Å². The molecule has 88 valence electrons. The van der Waals surface area contributed by atoms with Gasteiger partial charge in [-0.15, -0.1) is 0 Å². The van der Waals surface area contributed by atoms with E-state index in [2.05, 4.69) is 0 Å². The molecule has 0 atom stereocenters. The highest BCUT2D eigenvalue weighted by molar-refractivity contribution is 5.37. The second-order valence-electron chi connectivity index (χ2n) is 4.86. The van der Waals surface area contributed by atoms with Gasteiger partial charge < -0.3 is 0 Å². The summed E-state index contributed by atoms with van der Waals surface area (Å²) in [7, 11) is 0. The fourth-order valence-corrected chi connectivity index (χ4v) is 2.06. The number of rotatable bonds is 2. The molecule has 0 N–H and O–H groups in total. The average molecular weight is 228 g/mol. The number of halogens is 3. The van der Waals surface area contributed by atoms with E-state index in [1.54, 1.807) is 18.2 Å². The van der Waals surface area contributed by atoms with Crippen molar-refractivity contribution >= 4 is 0 Å².